The predicted octanol–water partition coefficient (Wildman–Crippen LogP) is 6.58. The molecule has 1 aromatic carbocycles. The Morgan fingerprint density at radius 3 is 2.09 bits per heavy atom. The van der Waals surface area contributed by atoms with Gasteiger partial charge in [-0.25, -0.2) is 4.98 Å². The van der Waals surface area contributed by atoms with E-state index in [-0.39, 0.29) is 7.43 Å². The molecule has 0 fully saturated rings. The van der Waals surface area contributed by atoms with E-state index in [4.69, 9.17) is 4.98 Å². The van der Waals surface area contributed by atoms with Gasteiger partial charge in [-0.15, -0.1) is 0 Å². The zero-order valence-electron chi connectivity index (χ0n) is 12.7. The van der Waals surface area contributed by atoms with Gasteiger partial charge in [0.1, 0.15) is 5.82 Å². The summed E-state index contributed by atoms with van der Waals surface area (Å²) in [7, 11) is 0. The summed E-state index contributed by atoms with van der Waals surface area (Å²) in [6.07, 6.45) is 0. The van der Waals surface area contributed by atoms with Gasteiger partial charge in [-0.3, -0.25) is 0 Å². The molecule has 0 aliphatic carbocycles. The molecule has 0 spiro atoms. The summed E-state index contributed by atoms with van der Waals surface area (Å²) < 4.78 is 0. The number of aromatic nitrogens is 2. The summed E-state index contributed by atoms with van der Waals surface area (Å²) in [5, 5.41) is 8.85. The predicted molar refractivity (Wildman–Crippen MR) is 104 cm³/mol. The van der Waals surface area contributed by atoms with Crippen LogP contribution in [-0.2, 0) is 0 Å². The highest BCUT2D eigenvalue weighted by atomic mass is 32.1. The van der Waals surface area contributed by atoms with E-state index >= 15 is 0 Å². The van der Waals surface area contributed by atoms with Crippen molar-refractivity contribution in [2.45, 2.75) is 28.2 Å². The summed E-state index contributed by atoms with van der Waals surface area (Å²) >= 11 is 3.50. The van der Waals surface area contributed by atoms with Crippen molar-refractivity contribution >= 4 is 33.7 Å². The maximum atomic E-state index is 4.71. The minimum absolute atomic E-state index is 0. The normalized spacial score (nSPS) is 10.9. The summed E-state index contributed by atoms with van der Waals surface area (Å²) in [6, 6.07) is 4.50. The van der Waals surface area contributed by atoms with Crippen LogP contribution in [0.3, 0.4) is 0 Å². The van der Waals surface area contributed by atoms with Crippen LogP contribution in [0.5, 0.6) is 0 Å². The van der Waals surface area contributed by atoms with Gasteiger partial charge in [-0.1, -0.05) is 7.43 Å². The van der Waals surface area contributed by atoms with E-state index < -0.39 is 0 Å². The highest BCUT2D eigenvalue weighted by Crippen LogP contribution is 2.37. The first-order valence-electron chi connectivity index (χ1n) is 7.20. The molecule has 3 heterocycles. The average molecular weight is 341 g/mol. The van der Waals surface area contributed by atoms with Gasteiger partial charge in [-0.2, -0.15) is 22.7 Å². The molecule has 0 radical (unpaired) electrons. The fraction of sp³-hybridized carbons (Fsp3) is 0.211. The molecule has 2 nitrogen and oxygen atoms in total. The SMILES string of the molecule is C.Cc1nc2c(-c3cscc3C)cc(-c3cscc3C)cc2[nH]1. The molecule has 0 saturated carbocycles. The van der Waals surface area contributed by atoms with Crippen LogP contribution in [0.1, 0.15) is 24.4 Å². The van der Waals surface area contributed by atoms with Gasteiger partial charge in [0.15, 0.2) is 0 Å². The quantitative estimate of drug-likeness (QED) is 0.438. The molecule has 23 heavy (non-hydrogen) atoms. The van der Waals surface area contributed by atoms with E-state index in [9.17, 15) is 0 Å². The first kappa shape index (κ1) is 16.0. The van der Waals surface area contributed by atoms with Crippen LogP contribution in [0.15, 0.2) is 33.7 Å². The van der Waals surface area contributed by atoms with Gasteiger partial charge in [0.05, 0.1) is 11.0 Å². The van der Waals surface area contributed by atoms with Crippen molar-refractivity contribution in [1.82, 2.24) is 9.97 Å². The van der Waals surface area contributed by atoms with Crippen molar-refractivity contribution in [3.8, 4) is 22.3 Å². The molecule has 0 atom stereocenters. The highest BCUT2D eigenvalue weighted by molar-refractivity contribution is 7.08. The minimum Gasteiger partial charge on any atom is -0.342 e. The number of H-pyrrole nitrogens is 1. The van der Waals surface area contributed by atoms with Crippen LogP contribution in [-0.4, -0.2) is 9.97 Å². The lowest BCUT2D eigenvalue weighted by atomic mass is 9.97. The molecule has 0 saturated heterocycles. The lowest BCUT2D eigenvalue weighted by Gasteiger charge is -2.07. The molecular weight excluding hydrogens is 320 g/mol. The average Bonchev–Trinajstić information content (AvgIpc) is 3.17. The third-order valence-corrected chi connectivity index (χ3v) is 5.74. The number of aromatic amines is 1. The molecule has 118 valence electrons. The number of rotatable bonds is 2. The maximum Gasteiger partial charge on any atom is 0.104 e. The second kappa shape index (κ2) is 5.95. The fourth-order valence-electron chi connectivity index (χ4n) is 2.89. The molecule has 4 heteroatoms. The Hall–Kier alpha value is -1.91. The van der Waals surface area contributed by atoms with E-state index in [0.717, 1.165) is 16.9 Å². The van der Waals surface area contributed by atoms with Crippen LogP contribution in [0.25, 0.3) is 33.3 Å². The van der Waals surface area contributed by atoms with Crippen molar-refractivity contribution < 1.29 is 0 Å². The Labute approximate surface area is 144 Å². The third-order valence-electron chi connectivity index (χ3n) is 4.02. The number of aryl methyl sites for hydroxylation is 3. The smallest absolute Gasteiger partial charge is 0.104 e. The number of hydrogen-bond acceptors (Lipinski definition) is 3. The third kappa shape index (κ3) is 2.62. The highest BCUT2D eigenvalue weighted by Gasteiger charge is 2.14. The lowest BCUT2D eigenvalue weighted by molar-refractivity contribution is 1.17. The Balaban J connectivity index is 0.00000156. The number of thiophene rings is 2. The van der Waals surface area contributed by atoms with Crippen LogP contribution < -0.4 is 0 Å². The number of nitrogens with one attached hydrogen (secondary N) is 1. The molecule has 0 bridgehead atoms. The first-order valence-corrected chi connectivity index (χ1v) is 9.09. The van der Waals surface area contributed by atoms with Gasteiger partial charge in [-0.05, 0) is 82.2 Å². The second-order valence-corrected chi connectivity index (χ2v) is 7.17. The van der Waals surface area contributed by atoms with Crippen LogP contribution in [0.4, 0.5) is 0 Å². The van der Waals surface area contributed by atoms with E-state index in [1.165, 1.54) is 33.4 Å². The number of nitrogens with zero attached hydrogens (tertiary/aromatic N) is 1. The Morgan fingerprint density at radius 2 is 1.48 bits per heavy atom. The summed E-state index contributed by atoms with van der Waals surface area (Å²) in [6.45, 7) is 6.35. The molecule has 0 aliphatic rings. The van der Waals surface area contributed by atoms with Crippen LogP contribution >= 0.6 is 22.7 Å². The van der Waals surface area contributed by atoms with Gasteiger partial charge in [0.25, 0.3) is 0 Å². The number of benzene rings is 1. The maximum absolute atomic E-state index is 4.71. The number of imidazole rings is 1. The van der Waals surface area contributed by atoms with Crippen molar-refractivity contribution in [1.29, 1.82) is 0 Å². The number of fused-ring (bicyclic) bond motifs is 1. The van der Waals surface area contributed by atoms with Crippen LogP contribution in [0.2, 0.25) is 0 Å². The van der Waals surface area contributed by atoms with Gasteiger partial charge < -0.3 is 4.98 Å². The van der Waals surface area contributed by atoms with Gasteiger partial charge in [0.2, 0.25) is 0 Å². The molecule has 0 aliphatic heterocycles. The summed E-state index contributed by atoms with van der Waals surface area (Å²) in [5.41, 5.74) is 9.90. The first-order chi connectivity index (χ1) is 10.6. The van der Waals surface area contributed by atoms with Crippen molar-refractivity contribution in [3.05, 3.63) is 50.6 Å². The second-order valence-electron chi connectivity index (χ2n) is 5.68. The Kier molecular flexibility index (Phi) is 4.13. The molecule has 0 unspecified atom stereocenters. The van der Waals surface area contributed by atoms with E-state index in [0.29, 0.717) is 0 Å². The van der Waals surface area contributed by atoms with E-state index in [2.05, 4.69) is 52.5 Å². The van der Waals surface area contributed by atoms with Crippen molar-refractivity contribution in [2.75, 3.05) is 0 Å². The summed E-state index contributed by atoms with van der Waals surface area (Å²) in [4.78, 5) is 8.10. The van der Waals surface area contributed by atoms with Crippen molar-refractivity contribution in [2.24, 2.45) is 0 Å². The standard InChI is InChI=1S/C18H16N2S2.CH4/c1-10-6-21-8-15(10)13-4-14(16-9-22-7-11(16)2)18-17(5-13)19-12(3)20-18;/h4-9H,1-3H3,(H,19,20);1H4. The minimum atomic E-state index is 0. The molecule has 4 aromatic rings. The monoisotopic (exact) mass is 340 g/mol. The lowest BCUT2D eigenvalue weighted by Crippen LogP contribution is -1.85. The van der Waals surface area contributed by atoms with Crippen LogP contribution in [0, 0.1) is 20.8 Å². The van der Waals surface area contributed by atoms with Crippen molar-refractivity contribution in [3.63, 3.8) is 0 Å². The molecular formula is C19H20N2S2. The van der Waals surface area contributed by atoms with E-state index in [1.54, 1.807) is 22.7 Å². The molecule has 3 aromatic heterocycles. The molecule has 4 rings (SSSR count). The van der Waals surface area contributed by atoms with E-state index in [1.807, 2.05) is 6.92 Å². The zero-order chi connectivity index (χ0) is 15.3. The number of hydrogen-bond donors (Lipinski definition) is 1. The largest absolute Gasteiger partial charge is 0.342 e. The zero-order valence-corrected chi connectivity index (χ0v) is 14.4. The Bertz CT molecular complexity index is 973. The van der Waals surface area contributed by atoms with Gasteiger partial charge in [0, 0.05) is 5.56 Å². The van der Waals surface area contributed by atoms with Gasteiger partial charge >= 0.3 is 0 Å². The topological polar surface area (TPSA) is 28.7 Å². The summed E-state index contributed by atoms with van der Waals surface area (Å²) in [5.74, 6) is 0.961. The molecule has 1 N–H and O–H groups in total. The fourth-order valence-corrected chi connectivity index (χ4v) is 4.60. The Morgan fingerprint density at radius 1 is 0.826 bits per heavy atom. The molecule has 0 amide bonds.